The quantitative estimate of drug-likeness (QED) is 0.755. The van der Waals surface area contributed by atoms with Gasteiger partial charge >= 0.3 is 0 Å². The van der Waals surface area contributed by atoms with Crippen LogP contribution >= 0.6 is 11.8 Å². The highest BCUT2D eigenvalue weighted by atomic mass is 32.2. The zero-order chi connectivity index (χ0) is 13.1. The molecule has 5 heteroatoms. The minimum Gasteiger partial charge on any atom is -0.343 e. The van der Waals surface area contributed by atoms with Crippen LogP contribution in [0.1, 0.15) is 33.6 Å². The van der Waals surface area contributed by atoms with Crippen molar-refractivity contribution in [1.82, 2.24) is 10.2 Å². The molecule has 1 rings (SSSR count). The molecule has 0 bridgehead atoms. The molecule has 0 aromatic heterocycles. The molecule has 1 heterocycles. The monoisotopic (exact) mass is 258 g/mol. The lowest BCUT2D eigenvalue weighted by Gasteiger charge is -2.45. The number of carbonyl (C=O) groups is 2. The van der Waals surface area contributed by atoms with Crippen LogP contribution in [0.2, 0.25) is 0 Å². The molecule has 98 valence electrons. The first-order valence-corrected chi connectivity index (χ1v) is 7.48. The molecule has 2 amide bonds. The van der Waals surface area contributed by atoms with Crippen LogP contribution in [-0.2, 0) is 9.59 Å². The number of piperazine rings is 1. The summed E-state index contributed by atoms with van der Waals surface area (Å²) in [5, 5.41) is 2.76. The Hall–Kier alpha value is -0.710. The number of amides is 2. The summed E-state index contributed by atoms with van der Waals surface area (Å²) in [5.41, 5.74) is -0.679. The van der Waals surface area contributed by atoms with Crippen LogP contribution in [0.25, 0.3) is 0 Å². The van der Waals surface area contributed by atoms with Crippen LogP contribution in [0.15, 0.2) is 0 Å². The van der Waals surface area contributed by atoms with Gasteiger partial charge in [0.15, 0.2) is 0 Å². The Bertz CT molecular complexity index is 309. The van der Waals surface area contributed by atoms with Gasteiger partial charge in [-0.2, -0.15) is 11.8 Å². The van der Waals surface area contributed by atoms with E-state index in [2.05, 4.69) is 5.32 Å². The van der Waals surface area contributed by atoms with E-state index in [4.69, 9.17) is 0 Å². The molecule has 0 saturated carbocycles. The van der Waals surface area contributed by atoms with Gasteiger partial charge in [0.25, 0.3) is 0 Å². The van der Waals surface area contributed by atoms with Crippen molar-refractivity contribution in [3.05, 3.63) is 0 Å². The Labute approximate surface area is 108 Å². The highest BCUT2D eigenvalue weighted by Gasteiger charge is 2.46. The highest BCUT2D eigenvalue weighted by Crippen LogP contribution is 2.25. The summed E-state index contributed by atoms with van der Waals surface area (Å²) in [7, 11) is 0. The van der Waals surface area contributed by atoms with Gasteiger partial charge in [-0.3, -0.25) is 9.59 Å². The molecule has 1 N–H and O–H groups in total. The first kappa shape index (κ1) is 14.4. The van der Waals surface area contributed by atoms with E-state index in [1.54, 1.807) is 23.6 Å². The average molecular weight is 258 g/mol. The minimum absolute atomic E-state index is 0.0312. The van der Waals surface area contributed by atoms with Crippen LogP contribution in [0, 0.1) is 0 Å². The van der Waals surface area contributed by atoms with Gasteiger partial charge in [-0.15, -0.1) is 0 Å². The van der Waals surface area contributed by atoms with Crippen LogP contribution in [-0.4, -0.2) is 46.8 Å². The van der Waals surface area contributed by atoms with E-state index in [9.17, 15) is 9.59 Å². The SMILES string of the molecule is CCC1(C)C(=O)NC(C)C(=O)N1CCCSC. The van der Waals surface area contributed by atoms with Crippen molar-refractivity contribution in [3.63, 3.8) is 0 Å². The Kier molecular flexibility index (Phi) is 4.86. The molecule has 0 aliphatic carbocycles. The molecule has 2 unspecified atom stereocenters. The van der Waals surface area contributed by atoms with Gasteiger partial charge in [-0.25, -0.2) is 0 Å². The van der Waals surface area contributed by atoms with Gasteiger partial charge in [0.2, 0.25) is 11.8 Å². The largest absolute Gasteiger partial charge is 0.343 e. The third kappa shape index (κ3) is 2.76. The lowest BCUT2D eigenvalue weighted by atomic mass is 9.90. The lowest BCUT2D eigenvalue weighted by Crippen LogP contribution is -2.68. The Morgan fingerprint density at radius 3 is 2.65 bits per heavy atom. The number of hydrogen-bond acceptors (Lipinski definition) is 3. The maximum absolute atomic E-state index is 12.1. The van der Waals surface area contributed by atoms with E-state index in [1.807, 2.05) is 20.1 Å². The summed E-state index contributed by atoms with van der Waals surface area (Å²) in [6.45, 7) is 6.22. The summed E-state index contributed by atoms with van der Waals surface area (Å²) in [4.78, 5) is 25.9. The molecule has 0 radical (unpaired) electrons. The number of nitrogens with zero attached hydrogens (tertiary/aromatic N) is 1. The summed E-state index contributed by atoms with van der Waals surface area (Å²) < 4.78 is 0. The van der Waals surface area contributed by atoms with Gasteiger partial charge in [-0.1, -0.05) is 6.92 Å². The number of nitrogens with one attached hydrogen (secondary N) is 1. The fourth-order valence-corrected chi connectivity index (χ4v) is 2.51. The third-order valence-corrected chi connectivity index (χ3v) is 4.18. The van der Waals surface area contributed by atoms with Gasteiger partial charge in [0.1, 0.15) is 11.6 Å². The van der Waals surface area contributed by atoms with Gasteiger partial charge in [0, 0.05) is 6.54 Å². The van der Waals surface area contributed by atoms with Crippen molar-refractivity contribution in [2.24, 2.45) is 0 Å². The predicted octanol–water partition coefficient (Wildman–Crippen LogP) is 1.26. The maximum atomic E-state index is 12.1. The Balaban J connectivity index is 2.83. The fourth-order valence-electron chi connectivity index (χ4n) is 2.09. The van der Waals surface area contributed by atoms with Gasteiger partial charge < -0.3 is 10.2 Å². The van der Waals surface area contributed by atoms with E-state index in [0.717, 1.165) is 12.2 Å². The Morgan fingerprint density at radius 1 is 1.47 bits per heavy atom. The van der Waals surface area contributed by atoms with Gasteiger partial charge in [0.05, 0.1) is 0 Å². The van der Waals surface area contributed by atoms with Crippen LogP contribution in [0.3, 0.4) is 0 Å². The molecule has 0 aromatic rings. The zero-order valence-electron chi connectivity index (χ0n) is 11.1. The highest BCUT2D eigenvalue weighted by molar-refractivity contribution is 7.98. The van der Waals surface area contributed by atoms with Crippen LogP contribution in [0.4, 0.5) is 0 Å². The summed E-state index contributed by atoms with van der Waals surface area (Å²) in [5.74, 6) is 1.02. The van der Waals surface area contributed by atoms with E-state index in [-0.39, 0.29) is 11.8 Å². The predicted molar refractivity (Wildman–Crippen MR) is 71.0 cm³/mol. The number of rotatable bonds is 5. The molecular formula is C12H22N2O2S. The summed E-state index contributed by atoms with van der Waals surface area (Å²) >= 11 is 1.76. The van der Waals surface area contributed by atoms with E-state index in [1.165, 1.54) is 0 Å². The molecule has 17 heavy (non-hydrogen) atoms. The van der Waals surface area contributed by atoms with Crippen LogP contribution in [0.5, 0.6) is 0 Å². The second-order valence-corrected chi connectivity index (χ2v) is 5.64. The van der Waals surface area contributed by atoms with E-state index < -0.39 is 11.6 Å². The molecule has 1 aliphatic heterocycles. The summed E-state index contributed by atoms with van der Waals surface area (Å²) in [6.07, 6.45) is 3.63. The van der Waals surface area contributed by atoms with Crippen LogP contribution < -0.4 is 5.32 Å². The molecule has 2 atom stereocenters. The smallest absolute Gasteiger partial charge is 0.246 e. The first-order chi connectivity index (χ1) is 7.97. The molecule has 1 saturated heterocycles. The number of carbonyl (C=O) groups excluding carboxylic acids is 2. The second-order valence-electron chi connectivity index (χ2n) is 4.66. The normalized spacial score (nSPS) is 29.4. The van der Waals surface area contributed by atoms with Crippen molar-refractivity contribution >= 4 is 23.6 Å². The van der Waals surface area contributed by atoms with Crippen molar-refractivity contribution in [1.29, 1.82) is 0 Å². The molecule has 4 nitrogen and oxygen atoms in total. The maximum Gasteiger partial charge on any atom is 0.246 e. The standard InChI is InChI=1S/C12H22N2O2S/c1-5-12(3)11(16)13-9(2)10(15)14(12)7-6-8-17-4/h9H,5-8H2,1-4H3,(H,13,16). The average Bonchev–Trinajstić information content (AvgIpc) is 2.31. The van der Waals surface area contributed by atoms with Crippen molar-refractivity contribution in [2.45, 2.75) is 45.2 Å². The van der Waals surface area contributed by atoms with Crippen molar-refractivity contribution < 1.29 is 9.59 Å². The summed E-state index contributed by atoms with van der Waals surface area (Å²) in [6, 6.07) is -0.392. The van der Waals surface area contributed by atoms with E-state index >= 15 is 0 Å². The topological polar surface area (TPSA) is 49.4 Å². The minimum atomic E-state index is -0.679. The zero-order valence-corrected chi connectivity index (χ0v) is 11.9. The van der Waals surface area contributed by atoms with Crippen molar-refractivity contribution in [3.8, 4) is 0 Å². The molecule has 1 fully saturated rings. The van der Waals surface area contributed by atoms with E-state index in [0.29, 0.717) is 13.0 Å². The Morgan fingerprint density at radius 2 is 2.12 bits per heavy atom. The number of hydrogen-bond donors (Lipinski definition) is 1. The number of thioether (sulfide) groups is 1. The molecule has 1 aliphatic rings. The fraction of sp³-hybridized carbons (Fsp3) is 0.833. The lowest BCUT2D eigenvalue weighted by molar-refractivity contribution is -0.156. The molecular weight excluding hydrogens is 236 g/mol. The molecule has 0 spiro atoms. The molecule has 0 aromatic carbocycles. The first-order valence-electron chi connectivity index (χ1n) is 6.08. The van der Waals surface area contributed by atoms with Gasteiger partial charge in [-0.05, 0) is 38.7 Å². The second kappa shape index (κ2) is 5.76. The van der Waals surface area contributed by atoms with Crippen molar-refractivity contribution in [2.75, 3.05) is 18.6 Å². The third-order valence-electron chi connectivity index (χ3n) is 3.49.